The Balaban J connectivity index is 2.37. The number of rotatable bonds is 3. The first-order chi connectivity index (χ1) is 9.36. The fourth-order valence-electron chi connectivity index (χ4n) is 2.19. The van der Waals surface area contributed by atoms with Crippen LogP contribution in [0.15, 0.2) is 23.1 Å². The molecule has 0 aliphatic carbocycles. The SMILES string of the molecule is CNS(=O)(=O)c1ccc(N2CCNC(=O)C2C)c(N)c1. The van der Waals surface area contributed by atoms with Gasteiger partial charge in [0.1, 0.15) is 6.04 Å². The van der Waals surface area contributed by atoms with Crippen molar-refractivity contribution in [3.8, 4) is 0 Å². The second-order valence-electron chi connectivity index (χ2n) is 4.59. The van der Waals surface area contributed by atoms with Gasteiger partial charge in [0.15, 0.2) is 0 Å². The highest BCUT2D eigenvalue weighted by atomic mass is 32.2. The number of benzene rings is 1. The first-order valence-electron chi connectivity index (χ1n) is 6.24. The molecule has 1 heterocycles. The van der Waals surface area contributed by atoms with Gasteiger partial charge in [-0.1, -0.05) is 0 Å². The minimum Gasteiger partial charge on any atom is -0.397 e. The molecule has 4 N–H and O–H groups in total. The van der Waals surface area contributed by atoms with E-state index in [1.165, 1.54) is 19.2 Å². The predicted octanol–water partition coefficient (Wildman–Crippen LogP) is -0.498. The molecule has 20 heavy (non-hydrogen) atoms. The molecule has 1 amide bonds. The second-order valence-corrected chi connectivity index (χ2v) is 6.48. The molecule has 8 heteroatoms. The van der Waals surface area contributed by atoms with Crippen molar-refractivity contribution in [2.24, 2.45) is 0 Å². The summed E-state index contributed by atoms with van der Waals surface area (Å²) in [5.41, 5.74) is 6.95. The lowest BCUT2D eigenvalue weighted by Crippen LogP contribution is -2.54. The summed E-state index contributed by atoms with van der Waals surface area (Å²) in [5, 5.41) is 2.77. The van der Waals surface area contributed by atoms with Crippen molar-refractivity contribution < 1.29 is 13.2 Å². The molecule has 1 unspecified atom stereocenters. The number of hydrogen-bond donors (Lipinski definition) is 3. The summed E-state index contributed by atoms with van der Waals surface area (Å²) in [4.78, 5) is 13.6. The van der Waals surface area contributed by atoms with Crippen molar-refractivity contribution in [2.45, 2.75) is 17.9 Å². The van der Waals surface area contributed by atoms with Crippen molar-refractivity contribution in [1.82, 2.24) is 10.0 Å². The van der Waals surface area contributed by atoms with E-state index in [4.69, 9.17) is 5.73 Å². The molecule has 0 radical (unpaired) electrons. The number of nitrogens with two attached hydrogens (primary N) is 1. The van der Waals surface area contributed by atoms with Crippen LogP contribution in [0.5, 0.6) is 0 Å². The lowest BCUT2D eigenvalue weighted by Gasteiger charge is -2.35. The van der Waals surface area contributed by atoms with E-state index in [0.717, 1.165) is 0 Å². The van der Waals surface area contributed by atoms with E-state index < -0.39 is 10.0 Å². The van der Waals surface area contributed by atoms with E-state index in [1.807, 2.05) is 4.90 Å². The standard InChI is InChI=1S/C12H18N4O3S/c1-8-12(17)15-5-6-16(8)11-4-3-9(7-10(11)13)20(18,19)14-2/h3-4,7-8,14H,5-6,13H2,1-2H3,(H,15,17). The molecule has 1 fully saturated rings. The van der Waals surface area contributed by atoms with Gasteiger partial charge in [-0.25, -0.2) is 13.1 Å². The van der Waals surface area contributed by atoms with Gasteiger partial charge in [-0.05, 0) is 32.2 Å². The number of hydrogen-bond acceptors (Lipinski definition) is 5. The van der Waals surface area contributed by atoms with Gasteiger partial charge < -0.3 is 16.0 Å². The third kappa shape index (κ3) is 2.56. The van der Waals surface area contributed by atoms with E-state index in [-0.39, 0.29) is 16.8 Å². The van der Waals surface area contributed by atoms with Gasteiger partial charge in [-0.2, -0.15) is 0 Å². The van der Waals surface area contributed by atoms with Crippen molar-refractivity contribution >= 4 is 27.3 Å². The molecular weight excluding hydrogens is 280 g/mol. The average Bonchev–Trinajstić information content (AvgIpc) is 2.42. The van der Waals surface area contributed by atoms with Gasteiger partial charge in [0.25, 0.3) is 0 Å². The Labute approximate surface area is 118 Å². The van der Waals surface area contributed by atoms with E-state index in [2.05, 4.69) is 10.0 Å². The van der Waals surface area contributed by atoms with E-state index >= 15 is 0 Å². The summed E-state index contributed by atoms with van der Waals surface area (Å²) >= 11 is 0. The van der Waals surface area contributed by atoms with E-state index in [0.29, 0.717) is 24.5 Å². The molecule has 0 bridgehead atoms. The number of nitrogens with zero attached hydrogens (tertiary/aromatic N) is 1. The summed E-state index contributed by atoms with van der Waals surface area (Å²) < 4.78 is 25.7. The summed E-state index contributed by atoms with van der Waals surface area (Å²) in [7, 11) is -2.18. The van der Waals surface area contributed by atoms with Gasteiger partial charge >= 0.3 is 0 Å². The van der Waals surface area contributed by atoms with Gasteiger partial charge in [-0.15, -0.1) is 0 Å². The highest BCUT2D eigenvalue weighted by molar-refractivity contribution is 7.89. The lowest BCUT2D eigenvalue weighted by atomic mass is 10.1. The number of nitrogen functional groups attached to an aromatic ring is 1. The van der Waals surface area contributed by atoms with Crippen molar-refractivity contribution in [1.29, 1.82) is 0 Å². The molecule has 1 aliphatic heterocycles. The van der Waals surface area contributed by atoms with Gasteiger partial charge in [0.05, 0.1) is 16.3 Å². The maximum Gasteiger partial charge on any atom is 0.242 e. The first kappa shape index (κ1) is 14.6. The zero-order valence-electron chi connectivity index (χ0n) is 11.4. The first-order valence-corrected chi connectivity index (χ1v) is 7.72. The highest BCUT2D eigenvalue weighted by Gasteiger charge is 2.27. The molecule has 2 rings (SSSR count). The quantitative estimate of drug-likeness (QED) is 0.653. The second kappa shape index (κ2) is 5.29. The third-order valence-electron chi connectivity index (χ3n) is 3.39. The zero-order valence-corrected chi connectivity index (χ0v) is 12.2. The largest absolute Gasteiger partial charge is 0.397 e. The maximum atomic E-state index is 11.7. The molecule has 1 aromatic rings. The van der Waals surface area contributed by atoms with Gasteiger partial charge in [0.2, 0.25) is 15.9 Å². The van der Waals surface area contributed by atoms with Crippen LogP contribution in [0.2, 0.25) is 0 Å². The minimum atomic E-state index is -3.52. The van der Waals surface area contributed by atoms with Crippen LogP contribution in [0.25, 0.3) is 0 Å². The van der Waals surface area contributed by atoms with Crippen LogP contribution < -0.4 is 20.7 Å². The van der Waals surface area contributed by atoms with Crippen molar-refractivity contribution in [2.75, 3.05) is 30.8 Å². The number of piperazine rings is 1. The minimum absolute atomic E-state index is 0.0671. The van der Waals surface area contributed by atoms with Crippen molar-refractivity contribution in [3.05, 3.63) is 18.2 Å². The van der Waals surface area contributed by atoms with Crippen LogP contribution in [0.3, 0.4) is 0 Å². The van der Waals surface area contributed by atoms with Gasteiger partial charge in [-0.3, -0.25) is 4.79 Å². The number of carbonyl (C=O) groups is 1. The summed E-state index contributed by atoms with van der Waals surface area (Å²) in [5.74, 6) is -0.0671. The van der Waals surface area contributed by atoms with Crippen LogP contribution in [-0.4, -0.2) is 40.5 Å². The smallest absolute Gasteiger partial charge is 0.242 e. The molecule has 1 aromatic carbocycles. The number of sulfonamides is 1. The van der Waals surface area contributed by atoms with E-state index in [9.17, 15) is 13.2 Å². The number of nitrogens with one attached hydrogen (secondary N) is 2. The van der Waals surface area contributed by atoms with Crippen LogP contribution in [-0.2, 0) is 14.8 Å². The normalized spacial score (nSPS) is 19.8. The number of amides is 1. The predicted molar refractivity (Wildman–Crippen MR) is 76.9 cm³/mol. The third-order valence-corrected chi connectivity index (χ3v) is 4.80. The average molecular weight is 298 g/mol. The molecule has 0 aromatic heterocycles. The Kier molecular flexibility index (Phi) is 3.87. The highest BCUT2D eigenvalue weighted by Crippen LogP contribution is 2.28. The van der Waals surface area contributed by atoms with Gasteiger partial charge in [0, 0.05) is 13.1 Å². The molecular formula is C12H18N4O3S. The molecule has 0 spiro atoms. The monoisotopic (exact) mass is 298 g/mol. The van der Waals surface area contributed by atoms with Crippen LogP contribution in [0.1, 0.15) is 6.92 Å². The summed E-state index contributed by atoms with van der Waals surface area (Å²) in [6.07, 6.45) is 0. The van der Waals surface area contributed by atoms with Crippen molar-refractivity contribution in [3.63, 3.8) is 0 Å². The topological polar surface area (TPSA) is 105 Å². The van der Waals surface area contributed by atoms with Crippen LogP contribution in [0, 0.1) is 0 Å². The molecule has 7 nitrogen and oxygen atoms in total. The molecule has 0 saturated carbocycles. The Bertz CT molecular complexity index is 630. The summed E-state index contributed by atoms with van der Waals surface area (Å²) in [6, 6.07) is 4.18. The molecule has 1 aliphatic rings. The Morgan fingerprint density at radius 2 is 2.15 bits per heavy atom. The lowest BCUT2D eigenvalue weighted by molar-refractivity contribution is -0.122. The van der Waals surface area contributed by atoms with Crippen LogP contribution in [0.4, 0.5) is 11.4 Å². The van der Waals surface area contributed by atoms with E-state index in [1.54, 1.807) is 13.0 Å². The molecule has 110 valence electrons. The fourth-order valence-corrected chi connectivity index (χ4v) is 2.96. The maximum absolute atomic E-state index is 11.7. The number of carbonyl (C=O) groups excluding carboxylic acids is 1. The Hall–Kier alpha value is -1.80. The molecule has 1 atom stereocenters. The summed E-state index contributed by atoms with van der Waals surface area (Å²) in [6.45, 7) is 2.96. The number of anilines is 2. The van der Waals surface area contributed by atoms with Crippen LogP contribution >= 0.6 is 0 Å². The fraction of sp³-hybridized carbons (Fsp3) is 0.417. The Morgan fingerprint density at radius 3 is 2.75 bits per heavy atom. The molecule has 1 saturated heterocycles. The zero-order chi connectivity index (χ0) is 14.9. The Morgan fingerprint density at radius 1 is 1.45 bits per heavy atom.